The Morgan fingerprint density at radius 3 is 2.17 bits per heavy atom. The Morgan fingerprint density at radius 2 is 1.75 bits per heavy atom. The van der Waals surface area contributed by atoms with Crippen LogP contribution in [0.3, 0.4) is 0 Å². The van der Waals surface area contributed by atoms with Crippen LogP contribution < -0.4 is 0 Å². The summed E-state index contributed by atoms with van der Waals surface area (Å²) in [6.07, 6.45) is 0.0386. The Morgan fingerprint density at radius 1 is 1.25 bits per heavy atom. The van der Waals surface area contributed by atoms with E-state index in [0.29, 0.717) is 19.3 Å². The number of carbonyl (C=O) groups excluding carboxylic acids is 1. The molecule has 1 aliphatic rings. The lowest BCUT2D eigenvalue weighted by Crippen LogP contribution is -2.34. The Kier molecular flexibility index (Phi) is 3.05. The average Bonchev–Trinajstić information content (AvgIpc) is 2.01. The van der Waals surface area contributed by atoms with E-state index in [1.54, 1.807) is 0 Å². The molecule has 1 aliphatic carbocycles. The number of methoxy groups -OCH3 is 1. The van der Waals surface area contributed by atoms with Crippen LogP contribution in [-0.2, 0) is 9.53 Å². The van der Waals surface area contributed by atoms with Gasteiger partial charge in [-0.3, -0.25) is 4.79 Å². The maximum Gasteiger partial charge on any atom is 0.308 e. The Labute approximate surface area is 71.2 Å². The van der Waals surface area contributed by atoms with Gasteiger partial charge in [-0.2, -0.15) is 0 Å². The van der Waals surface area contributed by atoms with Crippen LogP contribution in [0.15, 0.2) is 0 Å². The Hall–Kier alpha value is -0.610. The van der Waals surface area contributed by atoms with Gasteiger partial charge in [-0.15, -0.1) is 0 Å². The summed E-state index contributed by atoms with van der Waals surface area (Å²) in [6, 6.07) is 0. The van der Waals surface area contributed by atoms with Crippen LogP contribution in [0, 0.1) is 5.92 Å². The molecule has 0 saturated heterocycles. The number of hydrogen-bond acceptors (Lipinski definition) is 4. The molecular formula is C8H14O4. The van der Waals surface area contributed by atoms with Gasteiger partial charge < -0.3 is 14.9 Å². The van der Waals surface area contributed by atoms with E-state index in [9.17, 15) is 15.0 Å². The number of ether oxygens (including phenoxy) is 1. The van der Waals surface area contributed by atoms with E-state index in [1.807, 2.05) is 0 Å². The van der Waals surface area contributed by atoms with Crippen LogP contribution in [0.5, 0.6) is 0 Å². The second-order valence-corrected chi connectivity index (χ2v) is 3.23. The number of hydrogen-bond donors (Lipinski definition) is 2. The second-order valence-electron chi connectivity index (χ2n) is 3.23. The van der Waals surface area contributed by atoms with Gasteiger partial charge in [0.25, 0.3) is 0 Å². The van der Waals surface area contributed by atoms with Crippen molar-refractivity contribution in [2.45, 2.75) is 31.5 Å². The molecule has 4 nitrogen and oxygen atoms in total. The lowest BCUT2D eigenvalue weighted by molar-refractivity contribution is -0.150. The van der Waals surface area contributed by atoms with Crippen molar-refractivity contribution in [3.63, 3.8) is 0 Å². The number of aliphatic hydroxyl groups is 2. The molecule has 1 saturated carbocycles. The largest absolute Gasteiger partial charge is 0.469 e. The smallest absolute Gasteiger partial charge is 0.308 e. The third kappa shape index (κ3) is 2.19. The van der Waals surface area contributed by atoms with E-state index >= 15 is 0 Å². The van der Waals surface area contributed by atoms with Crippen molar-refractivity contribution in [3.05, 3.63) is 0 Å². The third-order valence-corrected chi connectivity index (χ3v) is 2.19. The highest BCUT2D eigenvalue weighted by Gasteiger charge is 2.31. The maximum absolute atomic E-state index is 11.0. The average molecular weight is 174 g/mol. The maximum atomic E-state index is 11.0. The number of carbonyl (C=O) groups is 1. The topological polar surface area (TPSA) is 66.8 Å². The molecule has 2 N–H and O–H groups in total. The molecule has 0 spiro atoms. The molecule has 12 heavy (non-hydrogen) atoms. The number of aliphatic hydroxyl groups excluding tert-OH is 2. The van der Waals surface area contributed by atoms with Gasteiger partial charge in [-0.1, -0.05) is 0 Å². The van der Waals surface area contributed by atoms with Gasteiger partial charge in [-0.25, -0.2) is 0 Å². The van der Waals surface area contributed by atoms with Crippen molar-refractivity contribution in [2.75, 3.05) is 7.11 Å². The first-order chi connectivity index (χ1) is 5.63. The van der Waals surface area contributed by atoms with Crippen molar-refractivity contribution in [3.8, 4) is 0 Å². The minimum Gasteiger partial charge on any atom is -0.469 e. The highest BCUT2D eigenvalue weighted by atomic mass is 16.5. The summed E-state index contributed by atoms with van der Waals surface area (Å²) in [7, 11) is 1.32. The van der Waals surface area contributed by atoms with Gasteiger partial charge in [0, 0.05) is 0 Å². The molecule has 1 rings (SSSR count). The first kappa shape index (κ1) is 9.48. The summed E-state index contributed by atoms with van der Waals surface area (Å²) < 4.78 is 4.53. The number of rotatable bonds is 1. The summed E-state index contributed by atoms with van der Waals surface area (Å²) in [5.41, 5.74) is 0. The molecule has 0 aliphatic heterocycles. The predicted octanol–water partition coefficient (Wildman–Crippen LogP) is -0.319. The van der Waals surface area contributed by atoms with Gasteiger partial charge in [0.05, 0.1) is 25.2 Å². The monoisotopic (exact) mass is 174 g/mol. The van der Waals surface area contributed by atoms with Gasteiger partial charge in [0.1, 0.15) is 0 Å². The SMILES string of the molecule is COC(=O)C1C[C@@H](O)C[C@@H](O)C1. The molecule has 4 heteroatoms. The third-order valence-electron chi connectivity index (χ3n) is 2.19. The molecule has 0 aromatic carbocycles. The fraction of sp³-hybridized carbons (Fsp3) is 0.875. The van der Waals surface area contributed by atoms with E-state index in [-0.39, 0.29) is 11.9 Å². The number of esters is 1. The van der Waals surface area contributed by atoms with Crippen LogP contribution in [-0.4, -0.2) is 35.5 Å². The van der Waals surface area contributed by atoms with Crippen LogP contribution in [0.2, 0.25) is 0 Å². The lowest BCUT2D eigenvalue weighted by atomic mass is 9.85. The predicted molar refractivity (Wildman–Crippen MR) is 41.4 cm³/mol. The van der Waals surface area contributed by atoms with Crippen LogP contribution in [0.1, 0.15) is 19.3 Å². The summed E-state index contributed by atoms with van der Waals surface area (Å²) in [6.45, 7) is 0. The highest BCUT2D eigenvalue weighted by molar-refractivity contribution is 5.72. The Balaban J connectivity index is 2.49. The van der Waals surface area contributed by atoms with Crippen LogP contribution in [0.4, 0.5) is 0 Å². The highest BCUT2D eigenvalue weighted by Crippen LogP contribution is 2.25. The van der Waals surface area contributed by atoms with E-state index in [2.05, 4.69) is 4.74 Å². The standard InChI is InChI=1S/C8H14O4/c1-12-8(11)5-2-6(9)4-7(10)3-5/h5-7,9-10H,2-4H2,1H3/t5?,6-,7+. The van der Waals surface area contributed by atoms with E-state index in [1.165, 1.54) is 7.11 Å². The van der Waals surface area contributed by atoms with Crippen molar-refractivity contribution in [2.24, 2.45) is 5.92 Å². The second kappa shape index (κ2) is 3.87. The van der Waals surface area contributed by atoms with Crippen LogP contribution >= 0.6 is 0 Å². The van der Waals surface area contributed by atoms with Crippen molar-refractivity contribution < 1.29 is 19.7 Å². The van der Waals surface area contributed by atoms with Gasteiger partial charge in [-0.05, 0) is 19.3 Å². The molecule has 0 aromatic heterocycles. The molecular weight excluding hydrogens is 160 g/mol. The summed E-state index contributed by atoms with van der Waals surface area (Å²) in [4.78, 5) is 11.0. The molecule has 0 aromatic rings. The zero-order valence-corrected chi connectivity index (χ0v) is 7.06. The quantitative estimate of drug-likeness (QED) is 0.535. The minimum atomic E-state index is -0.571. The van der Waals surface area contributed by atoms with E-state index in [0.717, 1.165) is 0 Å². The van der Waals surface area contributed by atoms with Gasteiger partial charge in [0.2, 0.25) is 0 Å². The molecule has 1 unspecified atom stereocenters. The molecule has 70 valence electrons. The first-order valence-electron chi connectivity index (χ1n) is 4.07. The molecule has 3 atom stereocenters. The van der Waals surface area contributed by atoms with Crippen LogP contribution in [0.25, 0.3) is 0 Å². The fourth-order valence-electron chi connectivity index (χ4n) is 1.62. The van der Waals surface area contributed by atoms with E-state index < -0.39 is 12.2 Å². The van der Waals surface area contributed by atoms with E-state index in [4.69, 9.17) is 0 Å². The fourth-order valence-corrected chi connectivity index (χ4v) is 1.62. The molecule has 0 heterocycles. The van der Waals surface area contributed by atoms with Crippen molar-refractivity contribution >= 4 is 5.97 Å². The zero-order valence-electron chi connectivity index (χ0n) is 7.06. The molecule has 0 bridgehead atoms. The first-order valence-corrected chi connectivity index (χ1v) is 4.07. The van der Waals surface area contributed by atoms with Gasteiger partial charge >= 0.3 is 5.97 Å². The Bertz CT molecular complexity index is 158. The molecule has 1 fully saturated rings. The lowest BCUT2D eigenvalue weighted by Gasteiger charge is -2.27. The summed E-state index contributed by atoms with van der Waals surface area (Å²) in [5.74, 6) is -0.679. The molecule has 0 amide bonds. The van der Waals surface area contributed by atoms with Crippen molar-refractivity contribution in [1.82, 2.24) is 0 Å². The summed E-state index contributed by atoms with van der Waals surface area (Å²) >= 11 is 0. The zero-order chi connectivity index (χ0) is 9.14. The van der Waals surface area contributed by atoms with Crippen molar-refractivity contribution in [1.29, 1.82) is 0 Å². The molecule has 0 radical (unpaired) electrons. The summed E-state index contributed by atoms with van der Waals surface area (Å²) in [5, 5.41) is 18.5. The normalized spacial score (nSPS) is 36.1. The van der Waals surface area contributed by atoms with Gasteiger partial charge in [0.15, 0.2) is 0 Å². The minimum absolute atomic E-state index is 0.339.